The number of hydrogen-bond donors (Lipinski definition) is 2. The van der Waals surface area contributed by atoms with Crippen LogP contribution < -0.4 is 11.1 Å². The zero-order chi connectivity index (χ0) is 14.4. The van der Waals surface area contributed by atoms with Gasteiger partial charge in [0.25, 0.3) is 0 Å². The van der Waals surface area contributed by atoms with Crippen molar-refractivity contribution in [2.45, 2.75) is 19.0 Å². The summed E-state index contributed by atoms with van der Waals surface area (Å²) in [5.74, 6) is -0.131. The molecule has 0 fully saturated rings. The van der Waals surface area contributed by atoms with E-state index in [0.29, 0.717) is 13.0 Å². The molecule has 2 aromatic carbocycles. The fraction of sp³-hybridized carbons (Fsp3) is 0.188. The quantitative estimate of drug-likeness (QED) is 0.884. The SMILES string of the molecule is NC(Cc1ccccc1)C(=O)NCc1cccc(Br)c1. The van der Waals surface area contributed by atoms with Crippen LogP contribution in [0.15, 0.2) is 59.1 Å². The van der Waals surface area contributed by atoms with E-state index in [4.69, 9.17) is 5.73 Å². The number of halogens is 1. The summed E-state index contributed by atoms with van der Waals surface area (Å²) < 4.78 is 0.998. The van der Waals surface area contributed by atoms with Crippen LogP contribution in [0.3, 0.4) is 0 Å². The van der Waals surface area contributed by atoms with Crippen LogP contribution in [0.25, 0.3) is 0 Å². The van der Waals surface area contributed by atoms with Gasteiger partial charge in [0.1, 0.15) is 0 Å². The predicted molar refractivity (Wildman–Crippen MR) is 84.1 cm³/mol. The van der Waals surface area contributed by atoms with Crippen LogP contribution in [-0.2, 0) is 17.8 Å². The van der Waals surface area contributed by atoms with Crippen molar-refractivity contribution in [2.24, 2.45) is 5.73 Å². The maximum Gasteiger partial charge on any atom is 0.237 e. The average molecular weight is 333 g/mol. The van der Waals surface area contributed by atoms with Crippen LogP contribution in [0, 0.1) is 0 Å². The lowest BCUT2D eigenvalue weighted by molar-refractivity contribution is -0.122. The van der Waals surface area contributed by atoms with Gasteiger partial charge in [-0.15, -0.1) is 0 Å². The lowest BCUT2D eigenvalue weighted by atomic mass is 10.1. The maximum atomic E-state index is 12.0. The van der Waals surface area contributed by atoms with Gasteiger partial charge in [-0.2, -0.15) is 0 Å². The molecule has 3 N–H and O–H groups in total. The topological polar surface area (TPSA) is 55.1 Å². The van der Waals surface area contributed by atoms with Crippen LogP contribution >= 0.6 is 15.9 Å². The number of carbonyl (C=O) groups excluding carboxylic acids is 1. The number of rotatable bonds is 5. The summed E-state index contributed by atoms with van der Waals surface area (Å²) in [7, 11) is 0. The molecular weight excluding hydrogens is 316 g/mol. The van der Waals surface area contributed by atoms with Crippen molar-refractivity contribution in [3.63, 3.8) is 0 Å². The molecule has 0 aliphatic carbocycles. The number of hydrogen-bond acceptors (Lipinski definition) is 2. The summed E-state index contributed by atoms with van der Waals surface area (Å²) in [4.78, 5) is 12.0. The van der Waals surface area contributed by atoms with E-state index < -0.39 is 6.04 Å². The number of carbonyl (C=O) groups is 1. The summed E-state index contributed by atoms with van der Waals surface area (Å²) in [6.45, 7) is 0.487. The molecule has 4 heteroatoms. The first-order chi connectivity index (χ1) is 9.65. The van der Waals surface area contributed by atoms with Crippen LogP contribution in [0.2, 0.25) is 0 Å². The Morgan fingerprint density at radius 2 is 1.80 bits per heavy atom. The first-order valence-corrected chi connectivity index (χ1v) is 7.26. The Bertz CT molecular complexity index is 572. The van der Waals surface area contributed by atoms with Gasteiger partial charge < -0.3 is 11.1 Å². The highest BCUT2D eigenvalue weighted by molar-refractivity contribution is 9.10. The zero-order valence-electron chi connectivity index (χ0n) is 11.1. The third-order valence-corrected chi connectivity index (χ3v) is 3.48. The van der Waals surface area contributed by atoms with Crippen molar-refractivity contribution in [1.29, 1.82) is 0 Å². The van der Waals surface area contributed by atoms with Crippen molar-refractivity contribution in [2.75, 3.05) is 0 Å². The Kier molecular flexibility index (Phi) is 5.32. The summed E-state index contributed by atoms with van der Waals surface area (Å²) in [5.41, 5.74) is 8.03. The van der Waals surface area contributed by atoms with Crippen LogP contribution in [-0.4, -0.2) is 11.9 Å². The number of nitrogens with one attached hydrogen (secondary N) is 1. The highest BCUT2D eigenvalue weighted by atomic mass is 79.9. The zero-order valence-corrected chi connectivity index (χ0v) is 12.6. The third kappa shape index (κ3) is 4.47. The first-order valence-electron chi connectivity index (χ1n) is 6.47. The largest absolute Gasteiger partial charge is 0.351 e. The highest BCUT2D eigenvalue weighted by Gasteiger charge is 2.13. The second kappa shape index (κ2) is 7.22. The minimum atomic E-state index is -0.524. The van der Waals surface area contributed by atoms with E-state index >= 15 is 0 Å². The van der Waals surface area contributed by atoms with Crippen molar-refractivity contribution < 1.29 is 4.79 Å². The number of benzene rings is 2. The maximum absolute atomic E-state index is 12.0. The number of amides is 1. The summed E-state index contributed by atoms with van der Waals surface area (Å²) in [6.07, 6.45) is 0.547. The van der Waals surface area contributed by atoms with Crippen molar-refractivity contribution in [3.05, 3.63) is 70.2 Å². The molecule has 0 aromatic heterocycles. The fourth-order valence-electron chi connectivity index (χ4n) is 1.93. The molecule has 0 radical (unpaired) electrons. The van der Waals surface area contributed by atoms with Gasteiger partial charge in [0.15, 0.2) is 0 Å². The Balaban J connectivity index is 1.85. The Morgan fingerprint density at radius 1 is 1.10 bits per heavy atom. The van der Waals surface area contributed by atoms with Crippen molar-refractivity contribution in [1.82, 2.24) is 5.32 Å². The summed E-state index contributed by atoms with van der Waals surface area (Å²) in [5, 5.41) is 2.86. The first kappa shape index (κ1) is 14.8. The molecule has 0 saturated heterocycles. The van der Waals surface area contributed by atoms with E-state index in [1.807, 2.05) is 54.6 Å². The standard InChI is InChI=1S/C16H17BrN2O/c17-14-8-4-7-13(9-14)11-19-16(20)15(18)10-12-5-2-1-3-6-12/h1-9,15H,10-11,18H2,(H,19,20). The van der Waals surface area contributed by atoms with Gasteiger partial charge in [0.05, 0.1) is 6.04 Å². The minimum absolute atomic E-state index is 0.131. The summed E-state index contributed by atoms with van der Waals surface area (Å²) >= 11 is 3.40. The number of nitrogens with two attached hydrogens (primary N) is 1. The van der Waals surface area contributed by atoms with E-state index in [0.717, 1.165) is 15.6 Å². The second-order valence-corrected chi connectivity index (χ2v) is 5.56. The molecule has 2 rings (SSSR count). The van der Waals surface area contributed by atoms with Crippen molar-refractivity contribution in [3.8, 4) is 0 Å². The predicted octanol–water partition coefficient (Wildman–Crippen LogP) is 2.64. The lowest BCUT2D eigenvalue weighted by Crippen LogP contribution is -2.41. The van der Waals surface area contributed by atoms with Gasteiger partial charge in [-0.1, -0.05) is 58.4 Å². The monoisotopic (exact) mass is 332 g/mol. The van der Waals surface area contributed by atoms with Gasteiger partial charge in [-0.05, 0) is 29.7 Å². The van der Waals surface area contributed by atoms with E-state index in [1.54, 1.807) is 0 Å². The smallest absolute Gasteiger partial charge is 0.237 e. The van der Waals surface area contributed by atoms with Crippen molar-refractivity contribution >= 4 is 21.8 Å². The molecule has 0 saturated carbocycles. The Labute approximate surface area is 127 Å². The van der Waals surface area contributed by atoms with Gasteiger partial charge in [0, 0.05) is 11.0 Å². The molecule has 2 aromatic rings. The molecule has 0 aliphatic rings. The lowest BCUT2D eigenvalue weighted by Gasteiger charge is -2.12. The third-order valence-electron chi connectivity index (χ3n) is 2.99. The molecule has 0 spiro atoms. The van der Waals surface area contributed by atoms with Crippen LogP contribution in [0.5, 0.6) is 0 Å². The van der Waals surface area contributed by atoms with Gasteiger partial charge >= 0.3 is 0 Å². The molecule has 1 unspecified atom stereocenters. The Morgan fingerprint density at radius 3 is 2.50 bits per heavy atom. The molecule has 1 atom stereocenters. The van der Waals surface area contributed by atoms with E-state index in [2.05, 4.69) is 21.2 Å². The van der Waals surface area contributed by atoms with Crippen LogP contribution in [0.1, 0.15) is 11.1 Å². The molecule has 20 heavy (non-hydrogen) atoms. The fourth-order valence-corrected chi connectivity index (χ4v) is 2.37. The molecule has 1 amide bonds. The molecule has 0 heterocycles. The highest BCUT2D eigenvalue weighted by Crippen LogP contribution is 2.11. The molecular formula is C16H17BrN2O. The molecule has 0 aliphatic heterocycles. The average Bonchev–Trinajstić information content (AvgIpc) is 2.46. The second-order valence-electron chi connectivity index (χ2n) is 4.64. The van der Waals surface area contributed by atoms with E-state index in [-0.39, 0.29) is 5.91 Å². The minimum Gasteiger partial charge on any atom is -0.351 e. The summed E-state index contributed by atoms with van der Waals surface area (Å²) in [6, 6.07) is 17.1. The van der Waals surface area contributed by atoms with Gasteiger partial charge in [0.2, 0.25) is 5.91 Å². The van der Waals surface area contributed by atoms with Gasteiger partial charge in [-0.25, -0.2) is 0 Å². The molecule has 104 valence electrons. The van der Waals surface area contributed by atoms with Gasteiger partial charge in [-0.3, -0.25) is 4.79 Å². The van der Waals surface area contributed by atoms with Crippen LogP contribution in [0.4, 0.5) is 0 Å². The Hall–Kier alpha value is -1.65. The normalized spacial score (nSPS) is 11.9. The molecule has 3 nitrogen and oxygen atoms in total. The van der Waals surface area contributed by atoms with E-state index in [1.165, 1.54) is 0 Å². The molecule has 0 bridgehead atoms. The van der Waals surface area contributed by atoms with E-state index in [9.17, 15) is 4.79 Å².